The Kier molecular flexibility index (Phi) is 5.67. The van der Waals surface area contributed by atoms with E-state index in [4.69, 9.17) is 0 Å². The molecule has 0 heterocycles. The summed E-state index contributed by atoms with van der Waals surface area (Å²) in [5.41, 5.74) is 0. The van der Waals surface area contributed by atoms with Crippen LogP contribution >= 0.6 is 0 Å². The first-order valence-corrected chi connectivity index (χ1v) is 4.41. The summed E-state index contributed by atoms with van der Waals surface area (Å²) in [6, 6.07) is 0. The van der Waals surface area contributed by atoms with Crippen LogP contribution in [0.1, 0.15) is 0 Å². The Bertz CT molecular complexity index is 243. The van der Waals surface area contributed by atoms with Crippen LogP contribution < -0.4 is 10.3 Å². The van der Waals surface area contributed by atoms with Crippen LogP contribution in [0.15, 0.2) is 0 Å². The summed E-state index contributed by atoms with van der Waals surface area (Å²) >= 11 is 0. The van der Waals surface area contributed by atoms with Gasteiger partial charge in [0, 0.05) is 0 Å². The van der Waals surface area contributed by atoms with E-state index in [9.17, 15) is 16.8 Å². The van der Waals surface area contributed by atoms with Gasteiger partial charge in [0.1, 0.15) is 0 Å². The van der Waals surface area contributed by atoms with E-state index in [2.05, 4.69) is 13.9 Å². The Hall–Kier alpha value is 1.04. The quantitative estimate of drug-likeness (QED) is 0.464. The van der Waals surface area contributed by atoms with Gasteiger partial charge in [-0.1, -0.05) is 0 Å². The van der Waals surface area contributed by atoms with Crippen LogP contribution in [-0.2, 0) is 24.2 Å². The molecule has 10 heavy (non-hydrogen) atoms. The van der Waals surface area contributed by atoms with Gasteiger partial charge in [-0.2, -0.15) is 16.8 Å². The molecule has 0 aliphatic carbocycles. The van der Waals surface area contributed by atoms with Crippen LogP contribution in [-0.4, -0.2) is 54.6 Å². The average Bonchev–Trinajstić information content (AvgIpc) is 1.14. The number of rotatable bonds is 2. The van der Waals surface area contributed by atoms with Crippen LogP contribution in [0.25, 0.3) is 0 Å². The van der Waals surface area contributed by atoms with Gasteiger partial charge in [0.15, 0.2) is 0 Å². The molecule has 0 atom stereocenters. The van der Waals surface area contributed by atoms with Crippen molar-refractivity contribution in [2.45, 2.75) is 0 Å². The van der Waals surface area contributed by atoms with Crippen molar-refractivity contribution in [2.24, 2.45) is 10.3 Å². The Labute approximate surface area is 88.2 Å². The summed E-state index contributed by atoms with van der Waals surface area (Å²) in [6.45, 7) is 0. The van der Waals surface area contributed by atoms with Crippen molar-refractivity contribution in [3.8, 4) is 0 Å². The van der Waals surface area contributed by atoms with Crippen molar-refractivity contribution in [3.63, 3.8) is 0 Å². The van der Waals surface area contributed by atoms with Crippen molar-refractivity contribution in [2.75, 3.05) is 0 Å². The monoisotopic (exact) mass is 218 g/mol. The van der Waals surface area contributed by atoms with Gasteiger partial charge in [0.2, 0.25) is 0 Å². The van der Waals surface area contributed by atoms with Crippen LogP contribution in [0.5, 0.6) is 0 Å². The molecule has 0 aromatic rings. The fourth-order valence-electron chi connectivity index (χ4n) is 0.132. The Balaban J connectivity index is 0. The Morgan fingerprint density at radius 1 is 0.900 bits per heavy atom. The van der Waals surface area contributed by atoms with Crippen LogP contribution in [0.2, 0.25) is 0 Å². The van der Waals surface area contributed by atoms with E-state index in [0.29, 0.717) is 0 Å². The topological polar surface area (TPSA) is 130 Å². The molecule has 7 nitrogen and oxygen atoms in total. The molecule has 0 bridgehead atoms. The normalized spacial score (nSPS) is 12.2. The molecule has 0 radical (unpaired) electrons. The maximum absolute atomic E-state index is 9.74. The molecule has 0 spiro atoms. The zero-order valence-corrected chi connectivity index (χ0v) is 5.65. The molecule has 0 aromatic heterocycles. The maximum atomic E-state index is 9.74. The molecule has 0 amide bonds. The van der Waals surface area contributed by atoms with Crippen LogP contribution in [0, 0.1) is 0 Å². The molecule has 0 aliphatic heterocycles. The van der Waals surface area contributed by atoms with Gasteiger partial charge in [0.05, 0.1) is 0 Å². The van der Waals surface area contributed by atoms with Crippen LogP contribution in [0.3, 0.4) is 0 Å². The molecule has 0 aromatic carbocycles. The standard InChI is InChI=1S/Ca.H4N2O5S2.2H/c;1-8(3,4)7-9(2,5)6;;/h;(H2,1,3,4)(H2,2,5,6);;. The first-order valence-electron chi connectivity index (χ1n) is 1.47. The molecule has 4 N–H and O–H groups in total. The van der Waals surface area contributed by atoms with E-state index in [0.717, 1.165) is 0 Å². The van der Waals surface area contributed by atoms with Gasteiger partial charge in [0.25, 0.3) is 0 Å². The molecular formula is H6CaN2O5S2. The zero-order valence-electron chi connectivity index (χ0n) is 4.01. The van der Waals surface area contributed by atoms with Crippen molar-refractivity contribution < 1.29 is 20.5 Å². The molecular weight excluding hydrogens is 212 g/mol. The predicted octanol–water partition coefficient (Wildman–Crippen LogP) is -3.51. The van der Waals surface area contributed by atoms with Crippen molar-refractivity contribution in [3.05, 3.63) is 0 Å². The molecule has 0 saturated heterocycles. The summed E-state index contributed by atoms with van der Waals surface area (Å²) in [5, 5.41) is 8.22. The van der Waals surface area contributed by atoms with Crippen molar-refractivity contribution >= 4 is 58.3 Å². The van der Waals surface area contributed by atoms with Crippen molar-refractivity contribution in [1.29, 1.82) is 0 Å². The first kappa shape index (κ1) is 13.6. The van der Waals surface area contributed by atoms with E-state index in [-0.39, 0.29) is 37.7 Å². The number of hydrogen-bond acceptors (Lipinski definition) is 5. The van der Waals surface area contributed by atoms with Gasteiger partial charge >= 0.3 is 58.3 Å². The molecule has 0 aliphatic rings. The SMILES string of the molecule is NS(=O)(=O)OS(N)(=O)=O.[CaH2]. The van der Waals surface area contributed by atoms with E-state index in [1.165, 1.54) is 0 Å². The van der Waals surface area contributed by atoms with Gasteiger partial charge in [-0.3, -0.25) is 0 Å². The third-order valence-electron chi connectivity index (χ3n) is 0.190. The number of hydrogen-bond donors (Lipinski definition) is 2. The third-order valence-corrected chi connectivity index (χ3v) is 1.71. The summed E-state index contributed by atoms with van der Waals surface area (Å²) in [4.78, 5) is 0. The minimum absolute atomic E-state index is 0. The second kappa shape index (κ2) is 4.16. The van der Waals surface area contributed by atoms with Gasteiger partial charge in [-0.05, 0) is 0 Å². The minimum atomic E-state index is -4.49. The fourth-order valence-corrected chi connectivity index (χ4v) is 1.19. The summed E-state index contributed by atoms with van der Waals surface area (Å²) in [5.74, 6) is 0. The van der Waals surface area contributed by atoms with Crippen LogP contribution in [0.4, 0.5) is 0 Å². The molecule has 0 fully saturated rings. The third kappa shape index (κ3) is 11.8. The van der Waals surface area contributed by atoms with Gasteiger partial charge in [-0.25, -0.2) is 10.3 Å². The fraction of sp³-hybridized carbons (Fsp3) is 0. The molecule has 10 heteroatoms. The van der Waals surface area contributed by atoms with Gasteiger partial charge in [-0.15, -0.1) is 3.63 Å². The second-order valence-corrected chi connectivity index (χ2v) is 3.57. The summed E-state index contributed by atoms with van der Waals surface area (Å²) in [6.07, 6.45) is 0. The first-order chi connectivity index (χ1) is 3.71. The molecule has 0 unspecified atom stereocenters. The van der Waals surface area contributed by atoms with Crippen molar-refractivity contribution in [1.82, 2.24) is 0 Å². The predicted molar refractivity (Wildman–Crippen MR) is 35.8 cm³/mol. The molecule has 0 rings (SSSR count). The number of nitrogens with two attached hydrogens (primary N) is 2. The Morgan fingerprint density at radius 3 is 1.10 bits per heavy atom. The summed E-state index contributed by atoms with van der Waals surface area (Å²) < 4.78 is 42.1. The second-order valence-electron chi connectivity index (χ2n) is 1.05. The summed E-state index contributed by atoms with van der Waals surface area (Å²) in [7, 11) is -8.99. The van der Waals surface area contributed by atoms with E-state index >= 15 is 0 Å². The Morgan fingerprint density at radius 2 is 1.10 bits per heavy atom. The zero-order chi connectivity index (χ0) is 7.71. The van der Waals surface area contributed by atoms with E-state index in [1.807, 2.05) is 0 Å². The molecule has 0 saturated carbocycles. The van der Waals surface area contributed by atoms with E-state index < -0.39 is 20.6 Å². The molecule has 60 valence electrons. The van der Waals surface area contributed by atoms with E-state index in [1.54, 1.807) is 0 Å². The average molecular weight is 218 g/mol. The van der Waals surface area contributed by atoms with Gasteiger partial charge < -0.3 is 0 Å².